The zero-order valence-corrected chi connectivity index (χ0v) is 33.0. The number of hydrogen-bond donors (Lipinski definition) is 3. The van der Waals surface area contributed by atoms with Crippen molar-refractivity contribution in [2.24, 2.45) is 0 Å². The minimum Gasteiger partial charge on any atom is -0.386 e. The Morgan fingerprint density at radius 2 is 1.61 bits per heavy atom. The molecule has 3 amide bonds. The Bertz CT molecular complexity index is 2490. The maximum Gasteiger partial charge on any atom is 0.274 e. The van der Waals surface area contributed by atoms with Crippen molar-refractivity contribution >= 4 is 45.5 Å². The number of anilines is 2. The molecule has 0 saturated carbocycles. The van der Waals surface area contributed by atoms with Crippen LogP contribution in [0.1, 0.15) is 91.5 Å². The van der Waals surface area contributed by atoms with Gasteiger partial charge in [0, 0.05) is 91.9 Å². The van der Waals surface area contributed by atoms with Crippen LogP contribution < -0.4 is 15.5 Å². The number of fused-ring (bicyclic) bond motifs is 2. The van der Waals surface area contributed by atoms with E-state index in [-0.39, 0.29) is 24.4 Å². The van der Waals surface area contributed by atoms with E-state index in [0.717, 1.165) is 62.8 Å². The molecule has 3 N–H and O–H groups in total. The van der Waals surface area contributed by atoms with Crippen LogP contribution in [0.3, 0.4) is 0 Å². The number of aromatic nitrogens is 4. The van der Waals surface area contributed by atoms with Crippen molar-refractivity contribution in [1.29, 1.82) is 5.26 Å². The maximum atomic E-state index is 15.1. The van der Waals surface area contributed by atoms with E-state index < -0.39 is 40.9 Å². The lowest BCUT2D eigenvalue weighted by molar-refractivity contribution is -0.134. The Balaban J connectivity index is 0.787. The lowest BCUT2D eigenvalue weighted by Gasteiger charge is -2.50. The fraction of sp³-hybridized carbons (Fsp3) is 0.442. The van der Waals surface area contributed by atoms with Crippen LogP contribution in [-0.4, -0.2) is 103 Å². The third kappa shape index (κ3) is 7.43. The lowest BCUT2D eigenvalue weighted by Crippen LogP contribution is -2.62. The number of nitriles is 1. The molecule has 0 bridgehead atoms. The van der Waals surface area contributed by atoms with Gasteiger partial charge in [0.05, 0.1) is 40.4 Å². The molecule has 2 aromatic carbocycles. The second-order valence-electron chi connectivity index (χ2n) is 16.9. The molecule has 0 radical (unpaired) electrons. The van der Waals surface area contributed by atoms with Crippen LogP contribution >= 0.6 is 0 Å². The molecule has 0 unspecified atom stereocenters. The number of carbonyl (C=O) groups excluding carboxylic acids is 3. The number of halogens is 2. The van der Waals surface area contributed by atoms with E-state index in [1.54, 1.807) is 32.0 Å². The number of piperidine rings is 3. The molecule has 16 heteroatoms. The van der Waals surface area contributed by atoms with Crippen molar-refractivity contribution < 1.29 is 28.3 Å². The van der Waals surface area contributed by atoms with Gasteiger partial charge in [-0.1, -0.05) is 0 Å². The molecular weight excluding hydrogens is 759 g/mol. The number of hydrogen-bond acceptors (Lipinski definition) is 10. The average molecular weight is 805 g/mol. The summed E-state index contributed by atoms with van der Waals surface area (Å²) < 4.78 is 33.8. The molecular formula is C43H46F2N10O4. The monoisotopic (exact) mass is 804 g/mol. The normalized spacial score (nSPS) is 20.5. The molecule has 4 fully saturated rings. The molecule has 7 heterocycles. The summed E-state index contributed by atoms with van der Waals surface area (Å²) >= 11 is 0. The Morgan fingerprint density at radius 3 is 2.27 bits per heavy atom. The Hall–Kier alpha value is -5.76. The molecule has 0 spiro atoms. The van der Waals surface area contributed by atoms with Gasteiger partial charge in [-0.2, -0.15) is 15.5 Å². The topological polar surface area (TPSA) is 164 Å². The first-order chi connectivity index (χ1) is 28.3. The van der Waals surface area contributed by atoms with E-state index in [1.165, 1.54) is 22.8 Å². The molecule has 59 heavy (non-hydrogen) atoms. The number of nitrogens with zero attached hydrogens (tertiary/aromatic N) is 8. The summed E-state index contributed by atoms with van der Waals surface area (Å²) in [7, 11) is 0. The van der Waals surface area contributed by atoms with Gasteiger partial charge < -0.3 is 20.2 Å². The van der Waals surface area contributed by atoms with Crippen LogP contribution in [0.4, 0.5) is 20.2 Å². The van der Waals surface area contributed by atoms with Crippen molar-refractivity contribution in [3.8, 4) is 6.07 Å². The van der Waals surface area contributed by atoms with Crippen molar-refractivity contribution in [3.63, 3.8) is 0 Å². The molecule has 3 aromatic heterocycles. The molecule has 4 saturated heterocycles. The minimum absolute atomic E-state index is 0.0575. The van der Waals surface area contributed by atoms with Crippen LogP contribution in [0, 0.1) is 23.0 Å². The first-order valence-electron chi connectivity index (χ1n) is 20.3. The number of likely N-dealkylation sites (tertiary alicyclic amines) is 2. The van der Waals surface area contributed by atoms with Gasteiger partial charge in [-0.15, -0.1) is 0 Å². The molecule has 306 valence electrons. The number of amides is 3. The summed E-state index contributed by atoms with van der Waals surface area (Å²) in [4.78, 5) is 44.3. The number of benzene rings is 2. The highest BCUT2D eigenvalue weighted by atomic mass is 19.1. The minimum atomic E-state index is -1.26. The Morgan fingerprint density at radius 1 is 0.932 bits per heavy atom. The van der Waals surface area contributed by atoms with Gasteiger partial charge in [0.25, 0.3) is 5.91 Å². The van der Waals surface area contributed by atoms with Gasteiger partial charge in [0.1, 0.15) is 23.4 Å². The zero-order chi connectivity index (χ0) is 41.2. The number of aliphatic hydroxyl groups is 1. The van der Waals surface area contributed by atoms with Gasteiger partial charge in [-0.3, -0.25) is 29.3 Å². The third-order valence-corrected chi connectivity index (χ3v) is 12.7. The van der Waals surface area contributed by atoms with Crippen LogP contribution in [0.5, 0.6) is 0 Å². The number of imide groups is 1. The third-order valence-electron chi connectivity index (χ3n) is 12.7. The Kier molecular flexibility index (Phi) is 9.93. The molecule has 1 atom stereocenters. The summed E-state index contributed by atoms with van der Waals surface area (Å²) in [5.41, 5.74) is 2.04. The van der Waals surface area contributed by atoms with Gasteiger partial charge in [-0.25, -0.2) is 13.3 Å². The second-order valence-corrected chi connectivity index (χ2v) is 16.9. The quantitative estimate of drug-likeness (QED) is 0.185. The highest BCUT2D eigenvalue weighted by molar-refractivity contribution is 6.05. The van der Waals surface area contributed by atoms with Crippen LogP contribution in [0.2, 0.25) is 0 Å². The molecule has 4 aliphatic heterocycles. The lowest BCUT2D eigenvalue weighted by atomic mass is 9.89. The van der Waals surface area contributed by atoms with Gasteiger partial charge in [-0.05, 0) is 88.4 Å². The molecule has 4 aliphatic rings. The smallest absolute Gasteiger partial charge is 0.274 e. The first kappa shape index (κ1) is 38.7. The standard InChI is InChI=1S/C43H46F2N10O4/c1-43(2,59)33-19-36-26(16-37(33)48-42(58)38-5-3-29-15-25(20-46)21-47-55(29)38)22-54(50-36)28-9-13-51(14-10-28)27-7-11-52(12-8-27)31-23-53(24-31)30-17-34(44)40(35(45)18-30)32-4-6-39(56)49-41(32)57/h3,5,15-19,21-22,27-28,31-32,59H,4,6-14,23-24H2,1-2H3,(H,48,58)(H,49,56,57)/t32-/m1/s1. The highest BCUT2D eigenvalue weighted by Gasteiger charge is 2.38. The molecule has 0 aliphatic carbocycles. The summed E-state index contributed by atoms with van der Waals surface area (Å²) in [5.74, 6) is -3.98. The maximum absolute atomic E-state index is 15.1. The summed E-state index contributed by atoms with van der Waals surface area (Å²) in [5, 5.41) is 35.6. The molecule has 5 aromatic rings. The number of rotatable bonds is 8. The van der Waals surface area contributed by atoms with Crippen LogP contribution in [0.15, 0.2) is 54.9 Å². The van der Waals surface area contributed by atoms with Crippen molar-refractivity contribution in [2.75, 3.05) is 49.5 Å². The SMILES string of the molecule is CC(C)(O)c1cc2nn(C3CCN(C4CCN(C5CN(c6cc(F)c([C@H]7CCC(=O)NC7=O)c(F)c6)C5)CC4)CC3)cc2cc1NC(=O)c1ccc2cc(C#N)cnn12. The van der Waals surface area contributed by atoms with E-state index in [0.29, 0.717) is 58.9 Å². The van der Waals surface area contributed by atoms with Crippen molar-refractivity contribution in [2.45, 2.75) is 82.0 Å². The van der Waals surface area contributed by atoms with Crippen molar-refractivity contribution in [3.05, 3.63) is 88.9 Å². The van der Waals surface area contributed by atoms with Gasteiger partial charge in [0.2, 0.25) is 11.8 Å². The average Bonchev–Trinajstić information content (AvgIpc) is 3.81. The van der Waals surface area contributed by atoms with Crippen molar-refractivity contribution in [1.82, 2.24) is 34.5 Å². The highest BCUT2D eigenvalue weighted by Crippen LogP contribution is 2.36. The van der Waals surface area contributed by atoms with Crippen LogP contribution in [0.25, 0.3) is 16.4 Å². The number of carbonyl (C=O) groups is 3. The van der Waals surface area contributed by atoms with E-state index >= 15 is 8.78 Å². The molecule has 14 nitrogen and oxygen atoms in total. The van der Waals surface area contributed by atoms with E-state index in [4.69, 9.17) is 5.10 Å². The van der Waals surface area contributed by atoms with Crippen LogP contribution in [-0.2, 0) is 15.2 Å². The van der Waals surface area contributed by atoms with E-state index in [1.807, 2.05) is 27.9 Å². The predicted molar refractivity (Wildman–Crippen MR) is 215 cm³/mol. The second kappa shape index (κ2) is 15.1. The van der Waals surface area contributed by atoms with E-state index in [2.05, 4.69) is 31.6 Å². The number of nitrogens with one attached hydrogen (secondary N) is 2. The van der Waals surface area contributed by atoms with Gasteiger partial charge >= 0.3 is 0 Å². The fourth-order valence-corrected chi connectivity index (χ4v) is 9.39. The first-order valence-corrected chi connectivity index (χ1v) is 20.3. The summed E-state index contributed by atoms with van der Waals surface area (Å²) in [6, 6.07) is 14.5. The largest absolute Gasteiger partial charge is 0.386 e. The fourth-order valence-electron chi connectivity index (χ4n) is 9.39. The zero-order valence-electron chi connectivity index (χ0n) is 33.0. The molecule has 9 rings (SSSR count). The Labute approximate surface area is 339 Å². The summed E-state index contributed by atoms with van der Waals surface area (Å²) in [6.07, 6.45) is 7.60. The van der Waals surface area contributed by atoms with E-state index in [9.17, 15) is 24.8 Å². The predicted octanol–water partition coefficient (Wildman–Crippen LogP) is 4.82. The van der Waals surface area contributed by atoms with Gasteiger partial charge in [0.15, 0.2) is 0 Å². The summed E-state index contributed by atoms with van der Waals surface area (Å²) in [6.45, 7) is 8.57.